The molecule has 0 aliphatic heterocycles. The minimum Gasteiger partial charge on any atom is -0.493 e. The Morgan fingerprint density at radius 1 is 0.643 bits per heavy atom. The summed E-state index contributed by atoms with van der Waals surface area (Å²) < 4.78 is 22.9. The topological polar surface area (TPSA) is 54.0 Å². The molecule has 226 valence electrons. The molecule has 0 fully saturated rings. The maximum Gasteiger partial charge on any atom is 0.185 e. The number of ether oxygens (including phenoxy) is 4. The molecule has 0 aliphatic carbocycles. The maximum absolute atomic E-state index is 12.9. The number of methoxy groups -OCH3 is 2. The lowest BCUT2D eigenvalue weighted by atomic mass is 10.1. The predicted molar refractivity (Wildman–Crippen MR) is 175 cm³/mol. The van der Waals surface area contributed by atoms with E-state index in [2.05, 4.69) is 65.8 Å². The summed E-state index contributed by atoms with van der Waals surface area (Å²) in [6, 6.07) is 10.9. The molecule has 0 bridgehead atoms. The molecule has 0 heterocycles. The summed E-state index contributed by atoms with van der Waals surface area (Å²) in [6.45, 7) is 13.6. The van der Waals surface area contributed by atoms with Gasteiger partial charge in [-0.25, -0.2) is 0 Å². The Kier molecular flexibility index (Phi) is 15.0. The Hall–Kier alpha value is -3.99. The van der Waals surface area contributed by atoms with E-state index < -0.39 is 0 Å². The molecule has 0 unspecified atom stereocenters. The summed E-state index contributed by atoms with van der Waals surface area (Å²) in [5.74, 6) is 2.26. The van der Waals surface area contributed by atoms with Gasteiger partial charge in [0.15, 0.2) is 28.8 Å². The number of carbonyl (C=O) groups is 1. The highest BCUT2D eigenvalue weighted by atomic mass is 16.5. The molecule has 0 radical (unpaired) electrons. The average molecular weight is 573 g/mol. The molecular weight excluding hydrogens is 524 g/mol. The predicted octanol–water partition coefficient (Wildman–Crippen LogP) is 9.74. The van der Waals surface area contributed by atoms with Crippen LogP contribution in [0, 0.1) is 0 Å². The van der Waals surface area contributed by atoms with E-state index in [1.54, 1.807) is 44.6 Å². The van der Waals surface area contributed by atoms with Crippen molar-refractivity contribution in [2.75, 3.05) is 27.4 Å². The molecule has 2 aromatic carbocycles. The van der Waals surface area contributed by atoms with Crippen LogP contribution in [0.15, 0.2) is 89.1 Å². The molecule has 2 aromatic rings. The van der Waals surface area contributed by atoms with Gasteiger partial charge in [-0.3, -0.25) is 4.79 Å². The minimum absolute atomic E-state index is 0.136. The number of hydrogen-bond acceptors (Lipinski definition) is 5. The molecule has 5 nitrogen and oxygen atoms in total. The number of rotatable bonds is 17. The highest BCUT2D eigenvalue weighted by molar-refractivity contribution is 6.07. The molecule has 0 aromatic heterocycles. The molecule has 0 aliphatic rings. The minimum atomic E-state index is -0.136. The standard InChI is InChI=1S/C37H48O5/c1-27(2)11-9-13-29(5)21-23-41-34-19-16-31(25-36(34)39-7)15-18-33(38)32-17-20-35(37(26-32)40-8)42-24-22-30(6)14-10-12-28(3)4/h11-12,15-22,25-26H,9-10,13-14,23-24H2,1-8H3. The number of carbonyl (C=O) groups excluding carboxylic acids is 1. The summed E-state index contributed by atoms with van der Waals surface area (Å²) in [6.07, 6.45) is 16.0. The van der Waals surface area contributed by atoms with Gasteiger partial charge in [-0.2, -0.15) is 0 Å². The van der Waals surface area contributed by atoms with Gasteiger partial charge >= 0.3 is 0 Å². The van der Waals surface area contributed by atoms with Crippen LogP contribution in [0.2, 0.25) is 0 Å². The highest BCUT2D eigenvalue weighted by Gasteiger charge is 2.10. The molecule has 0 amide bonds. The smallest absolute Gasteiger partial charge is 0.185 e. The van der Waals surface area contributed by atoms with Crippen LogP contribution in [0.25, 0.3) is 6.08 Å². The number of benzene rings is 2. The Bertz CT molecular complexity index is 1320. The van der Waals surface area contributed by atoms with Crippen molar-refractivity contribution >= 4 is 11.9 Å². The fourth-order valence-electron chi connectivity index (χ4n) is 4.04. The first-order chi connectivity index (χ1) is 20.1. The first-order valence-electron chi connectivity index (χ1n) is 14.5. The van der Waals surface area contributed by atoms with Crippen molar-refractivity contribution in [1.29, 1.82) is 0 Å². The average Bonchev–Trinajstić information content (AvgIpc) is 2.96. The van der Waals surface area contributed by atoms with Gasteiger partial charge in [-0.1, -0.05) is 46.6 Å². The van der Waals surface area contributed by atoms with Gasteiger partial charge in [0.1, 0.15) is 13.2 Å². The Morgan fingerprint density at radius 2 is 1.14 bits per heavy atom. The van der Waals surface area contributed by atoms with Crippen molar-refractivity contribution in [2.24, 2.45) is 0 Å². The van der Waals surface area contributed by atoms with Crippen LogP contribution in [0.5, 0.6) is 23.0 Å². The van der Waals surface area contributed by atoms with Crippen molar-refractivity contribution in [3.8, 4) is 23.0 Å². The van der Waals surface area contributed by atoms with E-state index in [1.807, 2.05) is 18.2 Å². The van der Waals surface area contributed by atoms with Gasteiger partial charge < -0.3 is 18.9 Å². The van der Waals surface area contributed by atoms with Gasteiger partial charge in [0.25, 0.3) is 0 Å². The Morgan fingerprint density at radius 3 is 1.64 bits per heavy atom. The van der Waals surface area contributed by atoms with Crippen molar-refractivity contribution < 1.29 is 23.7 Å². The first kappa shape index (κ1) is 34.2. The molecular formula is C37H48O5. The van der Waals surface area contributed by atoms with Crippen molar-refractivity contribution in [2.45, 2.75) is 67.2 Å². The van der Waals surface area contributed by atoms with Gasteiger partial charge in [0, 0.05) is 5.56 Å². The first-order valence-corrected chi connectivity index (χ1v) is 14.5. The summed E-state index contributed by atoms with van der Waals surface area (Å²) in [5, 5.41) is 0. The lowest BCUT2D eigenvalue weighted by molar-refractivity contribution is 0.104. The SMILES string of the molecule is COc1cc(C=CC(=O)c2ccc(OCC=C(C)CCC=C(C)C)c(OC)c2)ccc1OCC=C(C)CCC=C(C)C. The molecule has 42 heavy (non-hydrogen) atoms. The zero-order chi connectivity index (χ0) is 30.9. The van der Waals surface area contributed by atoms with Gasteiger partial charge in [0.2, 0.25) is 0 Å². The van der Waals surface area contributed by atoms with Gasteiger partial charge in [0.05, 0.1) is 14.2 Å². The zero-order valence-corrected chi connectivity index (χ0v) is 26.7. The molecule has 0 spiro atoms. The third-order valence-electron chi connectivity index (χ3n) is 6.59. The van der Waals surface area contributed by atoms with Crippen LogP contribution < -0.4 is 18.9 Å². The summed E-state index contributed by atoms with van der Waals surface area (Å²) >= 11 is 0. The molecule has 0 N–H and O–H groups in total. The number of allylic oxidation sites excluding steroid dienone is 7. The van der Waals surface area contributed by atoms with Crippen LogP contribution in [0.4, 0.5) is 0 Å². The van der Waals surface area contributed by atoms with E-state index in [1.165, 1.54) is 22.3 Å². The van der Waals surface area contributed by atoms with Crippen LogP contribution in [-0.2, 0) is 0 Å². The lowest BCUT2D eigenvalue weighted by Gasteiger charge is -2.11. The van der Waals surface area contributed by atoms with Crippen LogP contribution in [0.1, 0.15) is 83.1 Å². The van der Waals surface area contributed by atoms with Crippen LogP contribution in [0.3, 0.4) is 0 Å². The third-order valence-corrected chi connectivity index (χ3v) is 6.59. The maximum atomic E-state index is 12.9. The van der Waals surface area contributed by atoms with Gasteiger partial charge in [-0.05, 0) is 121 Å². The molecule has 5 heteroatoms. The molecule has 0 saturated carbocycles. The second kappa shape index (κ2) is 18.4. The fraction of sp³-hybridized carbons (Fsp3) is 0.378. The monoisotopic (exact) mass is 572 g/mol. The zero-order valence-electron chi connectivity index (χ0n) is 26.7. The quantitative estimate of drug-likeness (QED) is 0.107. The Labute approximate surface area is 253 Å². The third kappa shape index (κ3) is 12.7. The summed E-state index contributed by atoms with van der Waals surface area (Å²) in [4.78, 5) is 12.9. The lowest BCUT2D eigenvalue weighted by Crippen LogP contribution is -2.00. The van der Waals surface area contributed by atoms with E-state index in [-0.39, 0.29) is 5.78 Å². The van der Waals surface area contributed by atoms with E-state index >= 15 is 0 Å². The highest BCUT2D eigenvalue weighted by Crippen LogP contribution is 2.30. The van der Waals surface area contributed by atoms with E-state index in [0.29, 0.717) is 41.8 Å². The number of ketones is 1. The Balaban J connectivity index is 1.99. The molecule has 0 saturated heterocycles. The molecule has 0 atom stereocenters. The number of hydrogen-bond donors (Lipinski definition) is 0. The fourth-order valence-corrected chi connectivity index (χ4v) is 4.04. The second-order valence-corrected chi connectivity index (χ2v) is 10.8. The van der Waals surface area contributed by atoms with Crippen LogP contribution in [-0.4, -0.2) is 33.2 Å². The molecule has 2 rings (SSSR count). The van der Waals surface area contributed by atoms with Crippen molar-refractivity contribution in [3.63, 3.8) is 0 Å². The summed E-state index contributed by atoms with van der Waals surface area (Å²) in [7, 11) is 3.18. The largest absolute Gasteiger partial charge is 0.493 e. The van der Waals surface area contributed by atoms with Crippen molar-refractivity contribution in [1.82, 2.24) is 0 Å². The van der Waals surface area contributed by atoms with E-state index in [0.717, 1.165) is 31.2 Å². The summed E-state index contributed by atoms with van der Waals surface area (Å²) in [5.41, 5.74) is 6.58. The van der Waals surface area contributed by atoms with Crippen molar-refractivity contribution in [3.05, 3.63) is 100 Å². The van der Waals surface area contributed by atoms with Crippen LogP contribution >= 0.6 is 0 Å². The normalized spacial score (nSPS) is 11.7. The van der Waals surface area contributed by atoms with E-state index in [4.69, 9.17) is 18.9 Å². The van der Waals surface area contributed by atoms with E-state index in [9.17, 15) is 4.79 Å². The van der Waals surface area contributed by atoms with Gasteiger partial charge in [-0.15, -0.1) is 0 Å². The second-order valence-electron chi connectivity index (χ2n) is 10.8.